The molecule has 2 aromatic carbocycles. The van der Waals surface area contributed by atoms with Gasteiger partial charge in [0.05, 0.1) is 0 Å². The molecular formula is C24H33N3. The molecule has 2 rings (SSSR count). The Labute approximate surface area is 164 Å². The Balaban J connectivity index is 1.69. The summed E-state index contributed by atoms with van der Waals surface area (Å²) in [4.78, 5) is 2.51. The van der Waals surface area contributed by atoms with Gasteiger partial charge in [-0.2, -0.15) is 0 Å². The number of nitrogen functional groups attached to an aromatic ring is 2. The largest absolute Gasteiger partial charge is 0.399 e. The van der Waals surface area contributed by atoms with E-state index in [0.717, 1.165) is 56.7 Å². The molecule has 3 heteroatoms. The van der Waals surface area contributed by atoms with E-state index in [1.54, 1.807) is 0 Å². The first-order chi connectivity index (χ1) is 13.0. The predicted octanol–water partition coefficient (Wildman–Crippen LogP) is 5.46. The zero-order valence-corrected chi connectivity index (χ0v) is 16.6. The first-order valence-corrected chi connectivity index (χ1v) is 9.79. The van der Waals surface area contributed by atoms with Crippen molar-refractivity contribution in [1.29, 1.82) is 0 Å². The van der Waals surface area contributed by atoms with Crippen molar-refractivity contribution < 1.29 is 0 Å². The number of rotatable bonds is 11. The number of benzene rings is 2. The van der Waals surface area contributed by atoms with Gasteiger partial charge in [-0.05, 0) is 91.9 Å². The Morgan fingerprint density at radius 3 is 1.44 bits per heavy atom. The van der Waals surface area contributed by atoms with Crippen molar-refractivity contribution in [2.24, 2.45) is 0 Å². The van der Waals surface area contributed by atoms with Crippen LogP contribution in [-0.4, -0.2) is 24.5 Å². The smallest absolute Gasteiger partial charge is 0.0314 e. The number of nitrogens with two attached hydrogens (primary N) is 2. The highest BCUT2D eigenvalue weighted by Gasteiger charge is 2.06. The van der Waals surface area contributed by atoms with Crippen LogP contribution in [0.3, 0.4) is 0 Å². The summed E-state index contributed by atoms with van der Waals surface area (Å²) >= 11 is 0. The van der Waals surface area contributed by atoms with E-state index in [0.29, 0.717) is 0 Å². The minimum absolute atomic E-state index is 0.796. The number of allylic oxidation sites excluding steroid dienone is 2. The highest BCUT2D eigenvalue weighted by atomic mass is 15.1. The lowest BCUT2D eigenvalue weighted by atomic mass is 10.0. The van der Waals surface area contributed by atoms with E-state index in [1.165, 1.54) is 22.3 Å². The summed E-state index contributed by atoms with van der Waals surface area (Å²) in [7, 11) is 0. The second kappa shape index (κ2) is 10.6. The van der Waals surface area contributed by atoms with Gasteiger partial charge in [-0.3, -0.25) is 0 Å². The summed E-state index contributed by atoms with van der Waals surface area (Å²) in [6.45, 7) is 13.9. The topological polar surface area (TPSA) is 55.3 Å². The fourth-order valence-electron chi connectivity index (χ4n) is 3.19. The lowest BCUT2D eigenvalue weighted by Gasteiger charge is -2.21. The summed E-state index contributed by atoms with van der Waals surface area (Å²) in [6, 6.07) is 16.0. The average molecular weight is 364 g/mol. The van der Waals surface area contributed by atoms with Crippen LogP contribution in [0.25, 0.3) is 11.1 Å². The number of hydrogen-bond acceptors (Lipinski definition) is 3. The van der Waals surface area contributed by atoms with Crippen molar-refractivity contribution in [1.82, 2.24) is 4.90 Å². The summed E-state index contributed by atoms with van der Waals surface area (Å²) < 4.78 is 0. The van der Waals surface area contributed by atoms with E-state index in [1.807, 2.05) is 24.3 Å². The molecule has 0 radical (unpaired) electrons. The van der Waals surface area contributed by atoms with Gasteiger partial charge in [-0.25, -0.2) is 0 Å². The van der Waals surface area contributed by atoms with Crippen LogP contribution >= 0.6 is 0 Å². The highest BCUT2D eigenvalue weighted by Crippen LogP contribution is 2.21. The van der Waals surface area contributed by atoms with Gasteiger partial charge >= 0.3 is 0 Å². The van der Waals surface area contributed by atoms with Crippen LogP contribution in [-0.2, 0) is 0 Å². The minimum atomic E-state index is 0.796. The number of nitrogens with zero attached hydrogens (tertiary/aromatic N) is 1. The number of anilines is 2. The molecule has 0 aromatic heterocycles. The molecule has 3 nitrogen and oxygen atoms in total. The first kappa shape index (κ1) is 20.8. The molecule has 0 atom stereocenters. The monoisotopic (exact) mass is 363 g/mol. The van der Waals surface area contributed by atoms with E-state index < -0.39 is 0 Å². The van der Waals surface area contributed by atoms with Gasteiger partial charge in [0, 0.05) is 11.4 Å². The second-order valence-electron chi connectivity index (χ2n) is 7.09. The molecule has 2 aromatic rings. The van der Waals surface area contributed by atoms with Crippen molar-refractivity contribution in [2.75, 3.05) is 31.1 Å². The third-order valence-electron chi connectivity index (χ3n) is 4.99. The van der Waals surface area contributed by atoms with Crippen LogP contribution in [0, 0.1) is 0 Å². The van der Waals surface area contributed by atoms with Crippen molar-refractivity contribution in [3.8, 4) is 0 Å². The SMILES string of the molecule is C=C(CCCN(CC)CCCC(=C)c1ccc(N)cc1)c1ccc(N)cc1. The molecule has 0 spiro atoms. The zero-order chi connectivity index (χ0) is 19.6. The Kier molecular flexibility index (Phi) is 8.15. The second-order valence-corrected chi connectivity index (χ2v) is 7.09. The van der Waals surface area contributed by atoms with Crippen LogP contribution in [0.1, 0.15) is 43.7 Å². The third kappa shape index (κ3) is 6.95. The first-order valence-electron chi connectivity index (χ1n) is 9.79. The molecule has 0 aliphatic carbocycles. The van der Waals surface area contributed by atoms with Gasteiger partial charge < -0.3 is 16.4 Å². The molecule has 0 aliphatic rings. The summed E-state index contributed by atoms with van der Waals surface area (Å²) in [6.07, 6.45) is 4.27. The molecule has 0 saturated carbocycles. The van der Waals surface area contributed by atoms with Gasteiger partial charge in [0.2, 0.25) is 0 Å². The van der Waals surface area contributed by atoms with Crippen molar-refractivity contribution in [3.63, 3.8) is 0 Å². The predicted molar refractivity (Wildman–Crippen MR) is 120 cm³/mol. The summed E-state index contributed by atoms with van der Waals surface area (Å²) in [5, 5.41) is 0. The standard InChI is InChI=1S/C24H33N3/c1-4-27(17-5-7-19(2)21-9-13-23(25)14-10-21)18-6-8-20(3)22-11-15-24(26)16-12-22/h9-16H,2-8,17-18,25-26H2,1H3. The molecule has 0 unspecified atom stereocenters. The van der Waals surface area contributed by atoms with Crippen LogP contribution in [0.2, 0.25) is 0 Å². The molecular weight excluding hydrogens is 330 g/mol. The summed E-state index contributed by atoms with van der Waals surface area (Å²) in [5.41, 5.74) is 17.8. The van der Waals surface area contributed by atoms with Crippen molar-refractivity contribution in [2.45, 2.75) is 32.6 Å². The maximum Gasteiger partial charge on any atom is 0.0314 e. The fraction of sp³-hybridized carbons (Fsp3) is 0.333. The Bertz CT molecular complexity index is 666. The number of hydrogen-bond donors (Lipinski definition) is 2. The molecule has 0 fully saturated rings. The average Bonchev–Trinajstić information content (AvgIpc) is 2.67. The van der Waals surface area contributed by atoms with Crippen LogP contribution in [0.4, 0.5) is 11.4 Å². The van der Waals surface area contributed by atoms with E-state index in [-0.39, 0.29) is 0 Å². The third-order valence-corrected chi connectivity index (χ3v) is 4.99. The maximum atomic E-state index is 5.75. The summed E-state index contributed by atoms with van der Waals surface area (Å²) in [5.74, 6) is 0. The molecule has 27 heavy (non-hydrogen) atoms. The lowest BCUT2D eigenvalue weighted by Crippen LogP contribution is -2.25. The normalized spacial score (nSPS) is 10.9. The van der Waals surface area contributed by atoms with Gasteiger partial charge in [-0.1, -0.05) is 44.3 Å². The van der Waals surface area contributed by atoms with Crippen LogP contribution < -0.4 is 11.5 Å². The van der Waals surface area contributed by atoms with Crippen molar-refractivity contribution >= 4 is 22.5 Å². The van der Waals surface area contributed by atoms with E-state index in [2.05, 4.69) is 49.2 Å². The maximum absolute atomic E-state index is 5.75. The van der Waals surface area contributed by atoms with E-state index in [9.17, 15) is 0 Å². The van der Waals surface area contributed by atoms with Gasteiger partial charge in [0.15, 0.2) is 0 Å². The van der Waals surface area contributed by atoms with Gasteiger partial charge in [0.25, 0.3) is 0 Å². The van der Waals surface area contributed by atoms with Crippen LogP contribution in [0.15, 0.2) is 61.7 Å². The molecule has 0 heterocycles. The van der Waals surface area contributed by atoms with E-state index >= 15 is 0 Å². The Morgan fingerprint density at radius 1 is 0.741 bits per heavy atom. The molecule has 144 valence electrons. The fourth-order valence-corrected chi connectivity index (χ4v) is 3.19. The van der Waals surface area contributed by atoms with Crippen molar-refractivity contribution in [3.05, 3.63) is 72.8 Å². The van der Waals surface area contributed by atoms with Crippen LogP contribution in [0.5, 0.6) is 0 Å². The highest BCUT2D eigenvalue weighted by molar-refractivity contribution is 5.65. The molecule has 0 saturated heterocycles. The Hall–Kier alpha value is -2.52. The van der Waals surface area contributed by atoms with Gasteiger partial charge in [0.1, 0.15) is 0 Å². The zero-order valence-electron chi connectivity index (χ0n) is 16.6. The molecule has 0 amide bonds. The molecule has 0 bridgehead atoms. The quantitative estimate of drug-likeness (QED) is 0.521. The lowest BCUT2D eigenvalue weighted by molar-refractivity contribution is 0.283. The van der Waals surface area contributed by atoms with Gasteiger partial charge in [-0.15, -0.1) is 0 Å². The minimum Gasteiger partial charge on any atom is -0.399 e. The van der Waals surface area contributed by atoms with E-state index in [4.69, 9.17) is 11.5 Å². The Morgan fingerprint density at radius 2 is 1.11 bits per heavy atom. The molecule has 0 aliphatic heterocycles. The molecule has 4 N–H and O–H groups in total.